The van der Waals surface area contributed by atoms with Gasteiger partial charge in [0.05, 0.1) is 12.2 Å². The van der Waals surface area contributed by atoms with Crippen LogP contribution in [0.2, 0.25) is 0 Å². The number of aryl methyl sites for hydroxylation is 1. The molecule has 3 aromatic rings. The molecule has 0 bridgehead atoms. The zero-order chi connectivity index (χ0) is 25.0. The number of carbonyl (C=O) groups excluding carboxylic acids is 1. The minimum atomic E-state index is -0.951. The summed E-state index contributed by atoms with van der Waals surface area (Å²) in [6.07, 6.45) is 0.719. The Balaban J connectivity index is 1.41. The highest BCUT2D eigenvalue weighted by Crippen LogP contribution is 2.33. The molecular weight excluding hydrogens is 465 g/mol. The van der Waals surface area contributed by atoms with Gasteiger partial charge < -0.3 is 15.2 Å². The number of ether oxygens (including phenoxy) is 1. The number of piperidine rings is 1. The van der Waals surface area contributed by atoms with Crippen molar-refractivity contribution in [2.75, 3.05) is 25.0 Å². The van der Waals surface area contributed by atoms with E-state index in [1.807, 2.05) is 42.2 Å². The van der Waals surface area contributed by atoms with E-state index in [1.54, 1.807) is 12.1 Å². The van der Waals surface area contributed by atoms with E-state index < -0.39 is 11.7 Å². The summed E-state index contributed by atoms with van der Waals surface area (Å²) in [6, 6.07) is 15.7. The Morgan fingerprint density at radius 3 is 2.66 bits per heavy atom. The molecule has 2 atom stereocenters. The van der Waals surface area contributed by atoms with Gasteiger partial charge in [-0.3, -0.25) is 9.69 Å². The Bertz CT molecular complexity index is 1140. The standard InChI is InChI=1S/C27H32FN3O3S/c1-18(2)15-27(33)13-14-31(16-23(27)34-22-7-5-4-6-8-22)17-24(32)29-26-30-25(19(3)35-26)20-9-11-21(28)12-10-20/h4-12,18,23,33H,13-17H2,1-3H3,(H,29,30,32)/t23-,27+/m0/s1. The molecule has 0 saturated carbocycles. The molecule has 1 amide bonds. The van der Waals surface area contributed by atoms with Crippen molar-refractivity contribution in [3.63, 3.8) is 0 Å². The van der Waals surface area contributed by atoms with Crippen LogP contribution in [0.5, 0.6) is 5.75 Å². The second kappa shape index (κ2) is 10.8. The summed E-state index contributed by atoms with van der Waals surface area (Å²) in [4.78, 5) is 20.4. The zero-order valence-corrected chi connectivity index (χ0v) is 21.1. The molecule has 1 aliphatic rings. The van der Waals surface area contributed by atoms with Gasteiger partial charge in [0.2, 0.25) is 5.91 Å². The fourth-order valence-corrected chi connectivity index (χ4v) is 5.44. The molecule has 1 aliphatic heterocycles. The molecule has 2 heterocycles. The molecule has 1 fully saturated rings. The summed E-state index contributed by atoms with van der Waals surface area (Å²) >= 11 is 1.39. The van der Waals surface area contributed by atoms with Gasteiger partial charge in [-0.1, -0.05) is 32.0 Å². The lowest BCUT2D eigenvalue weighted by Crippen LogP contribution is -2.59. The van der Waals surface area contributed by atoms with Gasteiger partial charge in [-0.2, -0.15) is 0 Å². The van der Waals surface area contributed by atoms with Crippen molar-refractivity contribution in [3.8, 4) is 17.0 Å². The van der Waals surface area contributed by atoms with Crippen LogP contribution in [0.1, 0.15) is 31.6 Å². The van der Waals surface area contributed by atoms with E-state index >= 15 is 0 Å². The van der Waals surface area contributed by atoms with Crippen molar-refractivity contribution < 1.29 is 19.0 Å². The van der Waals surface area contributed by atoms with E-state index in [-0.39, 0.29) is 18.3 Å². The summed E-state index contributed by atoms with van der Waals surface area (Å²) in [5, 5.41) is 14.8. The van der Waals surface area contributed by atoms with Crippen molar-refractivity contribution in [2.45, 2.75) is 45.3 Å². The first-order valence-electron chi connectivity index (χ1n) is 11.9. The third kappa shape index (κ3) is 6.45. The van der Waals surface area contributed by atoms with Crippen LogP contribution in [-0.2, 0) is 4.79 Å². The van der Waals surface area contributed by atoms with Crippen LogP contribution in [-0.4, -0.2) is 52.2 Å². The number of benzene rings is 2. The van der Waals surface area contributed by atoms with Crippen LogP contribution < -0.4 is 10.1 Å². The van der Waals surface area contributed by atoms with Crippen molar-refractivity contribution in [2.24, 2.45) is 5.92 Å². The van der Waals surface area contributed by atoms with Gasteiger partial charge in [-0.05, 0) is 62.1 Å². The third-order valence-electron chi connectivity index (χ3n) is 6.20. The molecule has 8 heteroatoms. The molecular formula is C27H32FN3O3S. The number of halogens is 1. The highest BCUT2D eigenvalue weighted by Gasteiger charge is 2.43. The van der Waals surface area contributed by atoms with Crippen LogP contribution in [0.4, 0.5) is 9.52 Å². The maximum atomic E-state index is 13.3. The molecule has 4 rings (SSSR count). The Kier molecular flexibility index (Phi) is 7.84. The number of aliphatic hydroxyl groups is 1. The number of hydrogen-bond donors (Lipinski definition) is 2. The number of anilines is 1. The van der Waals surface area contributed by atoms with Crippen molar-refractivity contribution in [3.05, 3.63) is 65.3 Å². The maximum absolute atomic E-state index is 13.3. The minimum Gasteiger partial charge on any atom is -0.486 e. The summed E-state index contributed by atoms with van der Waals surface area (Å²) in [6.45, 7) is 7.34. The molecule has 0 unspecified atom stereocenters. The maximum Gasteiger partial charge on any atom is 0.240 e. The van der Waals surface area contributed by atoms with Crippen LogP contribution in [0.25, 0.3) is 11.3 Å². The molecule has 2 N–H and O–H groups in total. The molecule has 1 aromatic heterocycles. The first kappa shape index (κ1) is 25.3. The third-order valence-corrected chi connectivity index (χ3v) is 7.08. The topological polar surface area (TPSA) is 74.7 Å². The van der Waals surface area contributed by atoms with Crippen LogP contribution >= 0.6 is 11.3 Å². The minimum absolute atomic E-state index is 0.169. The predicted octanol–water partition coefficient (Wildman–Crippen LogP) is 5.13. The van der Waals surface area contributed by atoms with Gasteiger partial charge in [0, 0.05) is 23.5 Å². The van der Waals surface area contributed by atoms with Crippen LogP contribution in [0, 0.1) is 18.7 Å². The Labute approximate surface area is 209 Å². The second-order valence-electron chi connectivity index (χ2n) is 9.59. The number of thiazole rings is 1. The van der Waals surface area contributed by atoms with Gasteiger partial charge in [0.1, 0.15) is 23.3 Å². The van der Waals surface area contributed by atoms with E-state index in [9.17, 15) is 14.3 Å². The SMILES string of the molecule is Cc1sc(NC(=O)CN2CC[C@@](O)(CC(C)C)[C@@H](Oc3ccccc3)C2)nc1-c1ccc(F)cc1. The normalized spacial score (nSPS) is 20.7. The number of para-hydroxylation sites is 1. The average molecular weight is 498 g/mol. The number of likely N-dealkylation sites (tertiary alicyclic amines) is 1. The van der Waals surface area contributed by atoms with Crippen molar-refractivity contribution in [1.82, 2.24) is 9.88 Å². The number of nitrogens with one attached hydrogen (secondary N) is 1. The fourth-order valence-electron chi connectivity index (χ4n) is 4.59. The molecule has 186 valence electrons. The molecule has 35 heavy (non-hydrogen) atoms. The molecule has 0 aliphatic carbocycles. The largest absolute Gasteiger partial charge is 0.486 e. The molecule has 2 aromatic carbocycles. The Morgan fingerprint density at radius 2 is 1.97 bits per heavy atom. The molecule has 0 spiro atoms. The number of aromatic nitrogens is 1. The smallest absolute Gasteiger partial charge is 0.240 e. The zero-order valence-electron chi connectivity index (χ0n) is 20.3. The number of hydrogen-bond acceptors (Lipinski definition) is 6. The van der Waals surface area contributed by atoms with Crippen LogP contribution in [0.15, 0.2) is 54.6 Å². The van der Waals surface area contributed by atoms with Gasteiger partial charge >= 0.3 is 0 Å². The molecule has 1 saturated heterocycles. The average Bonchev–Trinajstić information content (AvgIpc) is 3.16. The predicted molar refractivity (Wildman–Crippen MR) is 137 cm³/mol. The van der Waals surface area contributed by atoms with Crippen LogP contribution in [0.3, 0.4) is 0 Å². The number of rotatable bonds is 8. The summed E-state index contributed by atoms with van der Waals surface area (Å²) in [5.41, 5.74) is 0.591. The quantitative estimate of drug-likeness (QED) is 0.452. The lowest BCUT2D eigenvalue weighted by Gasteiger charge is -2.44. The van der Waals surface area contributed by atoms with E-state index in [2.05, 4.69) is 24.1 Å². The lowest BCUT2D eigenvalue weighted by molar-refractivity contribution is -0.129. The van der Waals surface area contributed by atoms with Gasteiger partial charge in [-0.25, -0.2) is 9.37 Å². The second-order valence-corrected chi connectivity index (χ2v) is 10.8. The lowest BCUT2D eigenvalue weighted by atomic mass is 9.81. The van der Waals surface area contributed by atoms with E-state index in [4.69, 9.17) is 4.74 Å². The first-order chi connectivity index (χ1) is 16.7. The number of carbonyl (C=O) groups is 1. The van der Waals surface area contributed by atoms with E-state index in [0.717, 1.165) is 16.1 Å². The van der Waals surface area contributed by atoms with Gasteiger partial charge in [-0.15, -0.1) is 11.3 Å². The summed E-state index contributed by atoms with van der Waals surface area (Å²) in [5.74, 6) is 0.557. The number of amides is 1. The highest BCUT2D eigenvalue weighted by molar-refractivity contribution is 7.16. The van der Waals surface area contributed by atoms with E-state index in [1.165, 1.54) is 23.5 Å². The number of nitrogens with zero attached hydrogens (tertiary/aromatic N) is 2. The monoisotopic (exact) mass is 497 g/mol. The van der Waals surface area contributed by atoms with E-state index in [0.29, 0.717) is 42.7 Å². The van der Waals surface area contributed by atoms with Crippen molar-refractivity contribution in [1.29, 1.82) is 0 Å². The van der Waals surface area contributed by atoms with Gasteiger partial charge in [0.25, 0.3) is 0 Å². The summed E-state index contributed by atoms with van der Waals surface area (Å²) in [7, 11) is 0. The molecule has 6 nitrogen and oxygen atoms in total. The van der Waals surface area contributed by atoms with Crippen molar-refractivity contribution >= 4 is 22.4 Å². The summed E-state index contributed by atoms with van der Waals surface area (Å²) < 4.78 is 19.5. The highest BCUT2D eigenvalue weighted by atomic mass is 32.1. The fraction of sp³-hybridized carbons (Fsp3) is 0.407. The first-order valence-corrected chi connectivity index (χ1v) is 12.7. The van der Waals surface area contributed by atoms with Gasteiger partial charge in [0.15, 0.2) is 5.13 Å². The molecule has 0 radical (unpaired) electrons. The Morgan fingerprint density at radius 1 is 1.26 bits per heavy atom. The Hall–Kier alpha value is -2.81.